The average Bonchev–Trinajstić information content (AvgIpc) is 2.66. The van der Waals surface area contributed by atoms with Crippen molar-refractivity contribution in [2.24, 2.45) is 5.92 Å². The third-order valence-corrected chi connectivity index (χ3v) is 5.84. The van der Waals surface area contributed by atoms with Gasteiger partial charge >= 0.3 is 0 Å². The van der Waals surface area contributed by atoms with Gasteiger partial charge in [-0.05, 0) is 37.5 Å². The van der Waals surface area contributed by atoms with Gasteiger partial charge < -0.3 is 10.6 Å². The number of hydrogen-bond donors (Lipinski definition) is 1. The van der Waals surface area contributed by atoms with E-state index in [1.807, 2.05) is 21.0 Å². The van der Waals surface area contributed by atoms with Crippen molar-refractivity contribution < 1.29 is 0 Å². The van der Waals surface area contributed by atoms with Crippen LogP contribution in [0.1, 0.15) is 38.3 Å². The molecule has 2 heterocycles. The van der Waals surface area contributed by atoms with Crippen LogP contribution in [0.15, 0.2) is 28.2 Å². The van der Waals surface area contributed by atoms with E-state index in [9.17, 15) is 4.79 Å². The topological polar surface area (TPSA) is 103 Å². The highest BCUT2D eigenvalue weighted by atomic mass is 35.5. The van der Waals surface area contributed by atoms with E-state index in [2.05, 4.69) is 28.8 Å². The molecule has 1 aromatic carbocycles. The van der Waals surface area contributed by atoms with E-state index in [0.717, 1.165) is 6.42 Å². The summed E-state index contributed by atoms with van der Waals surface area (Å²) < 4.78 is 1.73. The normalized spacial score (nSPS) is 12.5. The second-order valence-corrected chi connectivity index (χ2v) is 9.45. The van der Waals surface area contributed by atoms with Crippen LogP contribution in [-0.2, 0) is 6.54 Å². The Kier molecular flexibility index (Phi) is 6.82. The second-order valence-electron chi connectivity index (χ2n) is 7.70. The van der Waals surface area contributed by atoms with E-state index in [1.165, 1.54) is 11.8 Å². The standard InChI is InChI=1S/C20H26ClN7OS/c1-11(2)8-9-28-17(29)14-7-6-13(21)10-15(14)23-20(28)30-12(3)16-24-18(22)26-19(25-16)27(4)5/h6-7,10-12H,8-9H2,1-5H3,(H2,22,24,25,26). The van der Waals surface area contributed by atoms with Crippen LogP contribution in [0.3, 0.4) is 0 Å². The van der Waals surface area contributed by atoms with Crippen LogP contribution in [0.25, 0.3) is 10.9 Å². The number of rotatable bonds is 7. The van der Waals surface area contributed by atoms with Crippen molar-refractivity contribution in [1.29, 1.82) is 0 Å². The summed E-state index contributed by atoms with van der Waals surface area (Å²) >= 11 is 7.55. The number of nitrogens with two attached hydrogens (primary N) is 1. The van der Waals surface area contributed by atoms with E-state index < -0.39 is 0 Å². The summed E-state index contributed by atoms with van der Waals surface area (Å²) in [7, 11) is 3.68. The number of fused-ring (bicyclic) bond motifs is 1. The molecule has 0 aliphatic heterocycles. The number of hydrogen-bond acceptors (Lipinski definition) is 8. The van der Waals surface area contributed by atoms with Crippen LogP contribution >= 0.6 is 23.4 Å². The summed E-state index contributed by atoms with van der Waals surface area (Å²) in [5.41, 5.74) is 6.37. The number of nitrogens with zero attached hydrogens (tertiary/aromatic N) is 6. The van der Waals surface area contributed by atoms with E-state index in [1.54, 1.807) is 27.7 Å². The highest BCUT2D eigenvalue weighted by Gasteiger charge is 2.19. The fourth-order valence-corrected chi connectivity index (χ4v) is 3.98. The van der Waals surface area contributed by atoms with E-state index >= 15 is 0 Å². The van der Waals surface area contributed by atoms with Crippen LogP contribution in [0.2, 0.25) is 5.02 Å². The van der Waals surface area contributed by atoms with E-state index in [-0.39, 0.29) is 16.8 Å². The van der Waals surface area contributed by atoms with E-state index in [0.29, 0.717) is 45.3 Å². The molecule has 0 spiro atoms. The molecule has 3 aromatic rings. The monoisotopic (exact) mass is 447 g/mol. The lowest BCUT2D eigenvalue weighted by Gasteiger charge is -2.18. The van der Waals surface area contributed by atoms with Gasteiger partial charge in [0.2, 0.25) is 11.9 Å². The molecule has 10 heteroatoms. The Morgan fingerprint density at radius 1 is 1.17 bits per heavy atom. The van der Waals surface area contributed by atoms with Crippen LogP contribution < -0.4 is 16.2 Å². The maximum Gasteiger partial charge on any atom is 0.262 e. The Balaban J connectivity index is 2.05. The van der Waals surface area contributed by atoms with Gasteiger partial charge in [-0.15, -0.1) is 0 Å². The minimum absolute atomic E-state index is 0.0730. The lowest BCUT2D eigenvalue weighted by atomic mass is 10.1. The minimum atomic E-state index is -0.192. The quantitative estimate of drug-likeness (QED) is 0.431. The van der Waals surface area contributed by atoms with Crippen molar-refractivity contribution >= 4 is 46.2 Å². The molecule has 1 unspecified atom stereocenters. The number of halogens is 1. The molecule has 0 radical (unpaired) electrons. The van der Waals surface area contributed by atoms with Gasteiger partial charge in [0.05, 0.1) is 16.2 Å². The molecule has 1 atom stereocenters. The Bertz CT molecular complexity index is 1120. The van der Waals surface area contributed by atoms with Gasteiger partial charge in [0, 0.05) is 25.7 Å². The van der Waals surface area contributed by atoms with Crippen molar-refractivity contribution in [3.63, 3.8) is 0 Å². The molecule has 160 valence electrons. The molecule has 8 nitrogen and oxygen atoms in total. The number of thioether (sulfide) groups is 1. The van der Waals surface area contributed by atoms with Gasteiger partial charge in [0.1, 0.15) is 5.82 Å². The smallest absolute Gasteiger partial charge is 0.262 e. The van der Waals surface area contributed by atoms with Gasteiger partial charge in [0.25, 0.3) is 5.56 Å². The number of aromatic nitrogens is 5. The Hall–Kier alpha value is -2.39. The molecule has 3 rings (SSSR count). The first-order chi connectivity index (χ1) is 14.2. The summed E-state index contributed by atoms with van der Waals surface area (Å²) in [5.74, 6) is 1.64. The SMILES string of the molecule is CC(C)CCn1c(SC(C)c2nc(N)nc(N(C)C)n2)nc2cc(Cl)ccc2c1=O. The fourth-order valence-electron chi connectivity index (χ4n) is 2.84. The Morgan fingerprint density at radius 2 is 1.90 bits per heavy atom. The third kappa shape index (κ3) is 5.02. The largest absolute Gasteiger partial charge is 0.368 e. The first kappa shape index (κ1) is 22.3. The molecule has 30 heavy (non-hydrogen) atoms. The Labute approximate surface area is 184 Å². The Morgan fingerprint density at radius 3 is 2.57 bits per heavy atom. The van der Waals surface area contributed by atoms with Crippen molar-refractivity contribution in [2.75, 3.05) is 24.7 Å². The first-order valence-corrected chi connectivity index (χ1v) is 11.0. The van der Waals surface area contributed by atoms with Gasteiger partial charge in [-0.25, -0.2) is 4.98 Å². The van der Waals surface area contributed by atoms with Crippen molar-refractivity contribution in [3.05, 3.63) is 39.4 Å². The summed E-state index contributed by atoms with van der Waals surface area (Å²) in [5, 5.41) is 1.51. The first-order valence-electron chi connectivity index (χ1n) is 9.71. The summed E-state index contributed by atoms with van der Waals surface area (Å²) in [6, 6.07) is 5.16. The molecule has 0 saturated heterocycles. The maximum atomic E-state index is 13.2. The van der Waals surface area contributed by atoms with Gasteiger partial charge in [-0.3, -0.25) is 9.36 Å². The zero-order chi connectivity index (χ0) is 22.0. The molecule has 0 bridgehead atoms. The van der Waals surface area contributed by atoms with Gasteiger partial charge in [-0.1, -0.05) is 37.2 Å². The summed E-state index contributed by atoms with van der Waals surface area (Å²) in [6.07, 6.45) is 0.867. The highest BCUT2D eigenvalue weighted by Crippen LogP contribution is 2.33. The second kappa shape index (κ2) is 9.18. The average molecular weight is 448 g/mol. The van der Waals surface area contributed by atoms with Crippen LogP contribution in [-0.4, -0.2) is 38.6 Å². The van der Waals surface area contributed by atoms with Gasteiger partial charge in [-0.2, -0.15) is 15.0 Å². The zero-order valence-electron chi connectivity index (χ0n) is 17.8. The predicted molar refractivity (Wildman–Crippen MR) is 123 cm³/mol. The van der Waals surface area contributed by atoms with Crippen LogP contribution in [0.5, 0.6) is 0 Å². The molecule has 0 aliphatic rings. The van der Waals surface area contributed by atoms with Crippen molar-refractivity contribution in [3.8, 4) is 0 Å². The van der Waals surface area contributed by atoms with Gasteiger partial charge in [0.15, 0.2) is 5.16 Å². The molecule has 2 aromatic heterocycles. The van der Waals surface area contributed by atoms with Crippen LogP contribution in [0.4, 0.5) is 11.9 Å². The zero-order valence-corrected chi connectivity index (χ0v) is 19.3. The molecular formula is C20H26ClN7OS. The third-order valence-electron chi connectivity index (χ3n) is 4.52. The molecule has 2 N–H and O–H groups in total. The van der Waals surface area contributed by atoms with Crippen molar-refractivity contribution in [2.45, 2.75) is 44.1 Å². The van der Waals surface area contributed by atoms with Crippen LogP contribution in [0, 0.1) is 5.92 Å². The lowest BCUT2D eigenvalue weighted by molar-refractivity contribution is 0.480. The summed E-state index contributed by atoms with van der Waals surface area (Å²) in [6.45, 7) is 6.80. The van der Waals surface area contributed by atoms with Crippen molar-refractivity contribution in [1.82, 2.24) is 24.5 Å². The molecule has 0 aliphatic carbocycles. The molecule has 0 fully saturated rings. The predicted octanol–water partition coefficient (Wildman–Crippen LogP) is 3.78. The number of benzene rings is 1. The lowest BCUT2D eigenvalue weighted by Crippen LogP contribution is -2.24. The fraction of sp³-hybridized carbons (Fsp3) is 0.450. The van der Waals surface area contributed by atoms with E-state index in [4.69, 9.17) is 22.3 Å². The molecule has 0 amide bonds. The number of anilines is 2. The maximum absolute atomic E-state index is 13.2. The molecular weight excluding hydrogens is 422 g/mol. The minimum Gasteiger partial charge on any atom is -0.368 e. The molecule has 0 saturated carbocycles. The number of nitrogen functional groups attached to an aromatic ring is 1. The summed E-state index contributed by atoms with van der Waals surface area (Å²) in [4.78, 5) is 32.6. The highest BCUT2D eigenvalue weighted by molar-refractivity contribution is 7.99.